The Balaban J connectivity index is 3.55. The Morgan fingerprint density at radius 1 is 1.43 bits per heavy atom. The van der Waals surface area contributed by atoms with Crippen molar-refractivity contribution in [2.75, 3.05) is 0 Å². The number of hydrogen-bond acceptors (Lipinski definition) is 4. The predicted octanol–water partition coefficient (Wildman–Crippen LogP) is 0.915. The highest BCUT2D eigenvalue weighted by molar-refractivity contribution is 5.91. The van der Waals surface area contributed by atoms with E-state index < -0.39 is 17.4 Å². The number of aromatic carboxylic acids is 1. The number of rotatable bonds is 2. The molecule has 74 valence electrons. The summed E-state index contributed by atoms with van der Waals surface area (Å²) in [6.45, 7) is 2.99. The second kappa shape index (κ2) is 3.45. The first-order chi connectivity index (χ1) is 6.49. The number of carboxylic acids is 1. The molecule has 0 fully saturated rings. The van der Waals surface area contributed by atoms with Crippen molar-refractivity contribution >= 4 is 12.3 Å². The van der Waals surface area contributed by atoms with E-state index in [1.807, 2.05) is 0 Å². The van der Waals surface area contributed by atoms with Gasteiger partial charge in [-0.25, -0.2) is 9.78 Å². The summed E-state index contributed by atoms with van der Waals surface area (Å²) >= 11 is 0. The van der Waals surface area contributed by atoms with Gasteiger partial charge in [-0.05, 0) is 13.8 Å². The molecule has 0 saturated heterocycles. The molecule has 0 atom stereocenters. The Kier molecular flexibility index (Phi) is 2.51. The van der Waals surface area contributed by atoms with Crippen molar-refractivity contribution in [3.8, 4) is 5.75 Å². The van der Waals surface area contributed by atoms with Crippen LogP contribution in [-0.4, -0.2) is 27.5 Å². The molecule has 1 aromatic heterocycles. The van der Waals surface area contributed by atoms with E-state index in [1.54, 1.807) is 0 Å². The molecule has 0 radical (unpaired) electrons. The van der Waals surface area contributed by atoms with Crippen LogP contribution >= 0.6 is 0 Å². The number of hydrogen-bond donors (Lipinski definition) is 2. The van der Waals surface area contributed by atoms with E-state index in [-0.39, 0.29) is 11.1 Å². The van der Waals surface area contributed by atoms with Gasteiger partial charge in [-0.2, -0.15) is 0 Å². The third kappa shape index (κ3) is 1.44. The molecule has 1 aromatic rings. The zero-order chi connectivity index (χ0) is 10.9. The molecule has 1 heterocycles. The SMILES string of the molecule is Cc1nc(C(=O)O)c(O)c(C)c1C=O. The summed E-state index contributed by atoms with van der Waals surface area (Å²) in [5, 5.41) is 18.1. The van der Waals surface area contributed by atoms with Gasteiger partial charge in [-0.15, -0.1) is 0 Å². The highest BCUT2D eigenvalue weighted by atomic mass is 16.4. The van der Waals surface area contributed by atoms with Crippen molar-refractivity contribution in [3.05, 3.63) is 22.5 Å². The molecule has 0 amide bonds. The highest BCUT2D eigenvalue weighted by Gasteiger charge is 2.18. The first kappa shape index (κ1) is 10.2. The monoisotopic (exact) mass is 195 g/mol. The fourth-order valence-corrected chi connectivity index (χ4v) is 1.18. The first-order valence-electron chi connectivity index (χ1n) is 3.87. The van der Waals surface area contributed by atoms with Crippen LogP contribution in [0.15, 0.2) is 0 Å². The second-order valence-corrected chi connectivity index (χ2v) is 2.86. The molecule has 0 unspecified atom stereocenters. The summed E-state index contributed by atoms with van der Waals surface area (Å²) in [6.07, 6.45) is 0.545. The number of aryl methyl sites for hydroxylation is 1. The Morgan fingerprint density at radius 3 is 2.43 bits per heavy atom. The van der Waals surface area contributed by atoms with Crippen LogP contribution in [0.25, 0.3) is 0 Å². The van der Waals surface area contributed by atoms with Gasteiger partial charge in [0, 0.05) is 16.8 Å². The molecule has 5 nitrogen and oxygen atoms in total. The van der Waals surface area contributed by atoms with Gasteiger partial charge in [0.05, 0.1) is 0 Å². The maximum absolute atomic E-state index is 10.6. The molecule has 14 heavy (non-hydrogen) atoms. The number of pyridine rings is 1. The van der Waals surface area contributed by atoms with E-state index in [9.17, 15) is 14.7 Å². The number of carboxylic acid groups (broad SMARTS) is 1. The van der Waals surface area contributed by atoms with Gasteiger partial charge in [0.2, 0.25) is 0 Å². The van der Waals surface area contributed by atoms with Gasteiger partial charge in [0.1, 0.15) is 0 Å². The highest BCUT2D eigenvalue weighted by Crippen LogP contribution is 2.24. The third-order valence-corrected chi connectivity index (χ3v) is 1.97. The molecule has 0 aromatic carbocycles. The quantitative estimate of drug-likeness (QED) is 0.685. The fraction of sp³-hybridized carbons (Fsp3) is 0.222. The van der Waals surface area contributed by atoms with Crippen LogP contribution in [0.5, 0.6) is 5.75 Å². The van der Waals surface area contributed by atoms with E-state index in [0.29, 0.717) is 12.0 Å². The van der Waals surface area contributed by atoms with E-state index in [1.165, 1.54) is 13.8 Å². The largest absolute Gasteiger partial charge is 0.505 e. The number of aromatic nitrogens is 1. The normalized spacial score (nSPS) is 9.86. The molecule has 2 N–H and O–H groups in total. The van der Waals surface area contributed by atoms with E-state index in [2.05, 4.69) is 4.98 Å². The lowest BCUT2D eigenvalue weighted by molar-refractivity contribution is 0.0686. The Bertz CT molecular complexity index is 412. The van der Waals surface area contributed by atoms with Gasteiger partial charge in [0.15, 0.2) is 17.7 Å². The van der Waals surface area contributed by atoms with Crippen LogP contribution in [0.4, 0.5) is 0 Å². The minimum absolute atomic E-state index is 0.229. The third-order valence-electron chi connectivity index (χ3n) is 1.97. The average Bonchev–Trinajstić information content (AvgIpc) is 2.12. The number of nitrogens with zero attached hydrogens (tertiary/aromatic N) is 1. The standard InChI is InChI=1S/C9H9NO4/c1-4-6(3-11)5(2)10-7(8(4)12)9(13)14/h3,12H,1-2H3,(H,13,14). The number of carbonyl (C=O) groups is 2. The smallest absolute Gasteiger partial charge is 0.358 e. The molecule has 0 aliphatic rings. The molecule has 5 heteroatoms. The zero-order valence-electron chi connectivity index (χ0n) is 7.74. The molecule has 0 aliphatic carbocycles. The zero-order valence-corrected chi connectivity index (χ0v) is 7.74. The van der Waals surface area contributed by atoms with Crippen molar-refractivity contribution in [1.82, 2.24) is 4.98 Å². The van der Waals surface area contributed by atoms with Crippen LogP contribution in [0.2, 0.25) is 0 Å². The first-order valence-corrected chi connectivity index (χ1v) is 3.87. The fourth-order valence-electron chi connectivity index (χ4n) is 1.18. The molecule has 0 bridgehead atoms. The minimum Gasteiger partial charge on any atom is -0.505 e. The Hall–Kier alpha value is -1.91. The predicted molar refractivity (Wildman–Crippen MR) is 47.7 cm³/mol. The molecule has 1 rings (SSSR count). The Labute approximate surface area is 80.0 Å². The lowest BCUT2D eigenvalue weighted by Crippen LogP contribution is -2.06. The van der Waals surface area contributed by atoms with Crippen molar-refractivity contribution in [2.45, 2.75) is 13.8 Å². The summed E-state index contributed by atoms with van der Waals surface area (Å²) in [4.78, 5) is 24.8. The average molecular weight is 195 g/mol. The Morgan fingerprint density at radius 2 is 2.00 bits per heavy atom. The molecule has 0 spiro atoms. The van der Waals surface area contributed by atoms with Crippen LogP contribution in [0, 0.1) is 13.8 Å². The molecule has 0 aliphatic heterocycles. The van der Waals surface area contributed by atoms with E-state index >= 15 is 0 Å². The summed E-state index contributed by atoms with van der Waals surface area (Å²) in [5.74, 6) is -1.77. The van der Waals surface area contributed by atoms with Crippen molar-refractivity contribution in [1.29, 1.82) is 0 Å². The lowest BCUT2D eigenvalue weighted by atomic mass is 10.1. The van der Waals surface area contributed by atoms with E-state index in [4.69, 9.17) is 5.11 Å². The van der Waals surface area contributed by atoms with Gasteiger partial charge in [-0.1, -0.05) is 0 Å². The van der Waals surface area contributed by atoms with Gasteiger partial charge in [0.25, 0.3) is 0 Å². The molecular formula is C9H9NO4. The second-order valence-electron chi connectivity index (χ2n) is 2.86. The van der Waals surface area contributed by atoms with Crippen LogP contribution in [-0.2, 0) is 0 Å². The minimum atomic E-state index is -1.31. The topological polar surface area (TPSA) is 87.5 Å². The molecular weight excluding hydrogens is 186 g/mol. The summed E-state index contributed by atoms with van der Waals surface area (Å²) in [7, 11) is 0. The number of aromatic hydroxyl groups is 1. The van der Waals surface area contributed by atoms with Gasteiger partial charge >= 0.3 is 5.97 Å². The van der Waals surface area contributed by atoms with E-state index in [0.717, 1.165) is 0 Å². The van der Waals surface area contributed by atoms with Crippen LogP contribution in [0.1, 0.15) is 32.1 Å². The number of carbonyl (C=O) groups excluding carboxylic acids is 1. The summed E-state index contributed by atoms with van der Waals surface area (Å²) in [5.41, 5.74) is 0.343. The summed E-state index contributed by atoms with van der Waals surface area (Å²) < 4.78 is 0. The maximum atomic E-state index is 10.6. The van der Waals surface area contributed by atoms with Crippen LogP contribution in [0.3, 0.4) is 0 Å². The van der Waals surface area contributed by atoms with Crippen LogP contribution < -0.4 is 0 Å². The lowest BCUT2D eigenvalue weighted by Gasteiger charge is -2.07. The van der Waals surface area contributed by atoms with Crippen molar-refractivity contribution in [2.24, 2.45) is 0 Å². The van der Waals surface area contributed by atoms with Gasteiger partial charge < -0.3 is 10.2 Å². The summed E-state index contributed by atoms with van der Waals surface area (Å²) in [6, 6.07) is 0. The molecule has 0 saturated carbocycles. The van der Waals surface area contributed by atoms with Crippen molar-refractivity contribution in [3.63, 3.8) is 0 Å². The van der Waals surface area contributed by atoms with Crippen molar-refractivity contribution < 1.29 is 19.8 Å². The van der Waals surface area contributed by atoms with Gasteiger partial charge in [-0.3, -0.25) is 4.79 Å². The maximum Gasteiger partial charge on any atom is 0.358 e. The number of aldehydes is 1.